The smallest absolute Gasteiger partial charge is 0.245 e. The number of para-hydroxylation sites is 1. The highest BCUT2D eigenvalue weighted by atomic mass is 28.4. The van der Waals surface area contributed by atoms with E-state index >= 15 is 0 Å². The Balaban J connectivity index is 1.99. The van der Waals surface area contributed by atoms with Crippen LogP contribution in [0.15, 0.2) is 30.3 Å². The molecule has 0 aromatic heterocycles. The summed E-state index contributed by atoms with van der Waals surface area (Å²) in [7, 11) is -1.53. The van der Waals surface area contributed by atoms with Crippen LogP contribution >= 0.6 is 0 Å². The van der Waals surface area contributed by atoms with E-state index < -0.39 is 8.32 Å². The first-order valence-corrected chi connectivity index (χ1v) is 12.5. The Kier molecular flexibility index (Phi) is 10.3. The largest absolute Gasteiger partial charge is 0.544 e. The molecule has 2 heteroatoms. The van der Waals surface area contributed by atoms with Gasteiger partial charge in [0.05, 0.1) is 0 Å². The van der Waals surface area contributed by atoms with E-state index in [0.29, 0.717) is 0 Å². The summed E-state index contributed by atoms with van der Waals surface area (Å²) < 4.78 is 6.22. The second kappa shape index (κ2) is 11.8. The third-order valence-corrected chi connectivity index (χ3v) is 6.62. The normalized spacial score (nSPS) is 11.6. The van der Waals surface area contributed by atoms with Gasteiger partial charge in [0.2, 0.25) is 8.32 Å². The molecule has 0 heterocycles. The quantitative estimate of drug-likeness (QED) is 0.276. The summed E-state index contributed by atoms with van der Waals surface area (Å²) in [5.74, 6) is 1.05. The standard InChI is InChI=1S/C20H36OSi/c1-4-5-6-7-8-9-10-11-12-16-19-22(2,3)21-20-17-14-13-15-18-20/h13-15,17-18H,4-12,16,19H2,1-3H3. The maximum absolute atomic E-state index is 6.22. The Bertz CT molecular complexity index is 361. The number of hydrogen-bond donors (Lipinski definition) is 0. The van der Waals surface area contributed by atoms with Crippen molar-refractivity contribution in [2.75, 3.05) is 0 Å². The molecule has 0 bridgehead atoms. The number of unbranched alkanes of at least 4 members (excludes halogenated alkanes) is 9. The molecule has 1 aromatic carbocycles. The zero-order valence-electron chi connectivity index (χ0n) is 15.1. The van der Waals surface area contributed by atoms with Gasteiger partial charge < -0.3 is 4.43 Å². The first-order chi connectivity index (χ1) is 10.6. The lowest BCUT2D eigenvalue weighted by Crippen LogP contribution is -2.33. The van der Waals surface area contributed by atoms with E-state index in [9.17, 15) is 0 Å². The highest BCUT2D eigenvalue weighted by Crippen LogP contribution is 2.21. The fourth-order valence-corrected chi connectivity index (χ4v) is 4.87. The molecule has 0 aliphatic rings. The Labute approximate surface area is 139 Å². The van der Waals surface area contributed by atoms with Crippen LogP contribution in [0, 0.1) is 0 Å². The molecule has 0 amide bonds. The van der Waals surface area contributed by atoms with E-state index in [1.807, 2.05) is 6.07 Å². The Morgan fingerprint density at radius 1 is 0.727 bits per heavy atom. The topological polar surface area (TPSA) is 9.23 Å². The molecular weight excluding hydrogens is 284 g/mol. The molecule has 0 atom stereocenters. The minimum absolute atomic E-state index is 1.05. The second-order valence-electron chi connectivity index (χ2n) is 7.11. The molecule has 0 N–H and O–H groups in total. The fourth-order valence-electron chi connectivity index (χ4n) is 2.90. The minimum Gasteiger partial charge on any atom is -0.544 e. The van der Waals surface area contributed by atoms with Gasteiger partial charge in [-0.25, -0.2) is 0 Å². The van der Waals surface area contributed by atoms with Crippen molar-refractivity contribution < 1.29 is 4.43 Å². The number of rotatable bonds is 13. The lowest BCUT2D eigenvalue weighted by Gasteiger charge is -2.24. The van der Waals surface area contributed by atoms with Gasteiger partial charge in [-0.2, -0.15) is 0 Å². The average molecular weight is 321 g/mol. The van der Waals surface area contributed by atoms with Crippen molar-refractivity contribution in [3.63, 3.8) is 0 Å². The summed E-state index contributed by atoms with van der Waals surface area (Å²) in [5.41, 5.74) is 0. The SMILES string of the molecule is CCCCCCCCCCCC[Si](C)(C)Oc1ccccc1. The number of benzene rings is 1. The molecule has 0 fully saturated rings. The van der Waals surface area contributed by atoms with Crippen LogP contribution in [0.5, 0.6) is 5.75 Å². The van der Waals surface area contributed by atoms with Gasteiger partial charge in [0.15, 0.2) is 0 Å². The van der Waals surface area contributed by atoms with Crippen molar-refractivity contribution in [1.82, 2.24) is 0 Å². The highest BCUT2D eigenvalue weighted by molar-refractivity contribution is 6.71. The summed E-state index contributed by atoms with van der Waals surface area (Å²) in [6.07, 6.45) is 14.1. The maximum Gasteiger partial charge on any atom is 0.245 e. The van der Waals surface area contributed by atoms with Gasteiger partial charge in [-0.1, -0.05) is 89.3 Å². The summed E-state index contributed by atoms with van der Waals surface area (Å²) in [4.78, 5) is 0. The summed E-state index contributed by atoms with van der Waals surface area (Å²) in [6.45, 7) is 6.97. The van der Waals surface area contributed by atoms with Gasteiger partial charge in [0.1, 0.15) is 5.75 Å². The van der Waals surface area contributed by atoms with Gasteiger partial charge in [0, 0.05) is 0 Å². The van der Waals surface area contributed by atoms with Crippen LogP contribution in [0.25, 0.3) is 0 Å². The molecule has 0 aliphatic carbocycles. The van der Waals surface area contributed by atoms with E-state index in [4.69, 9.17) is 4.43 Å². The van der Waals surface area contributed by atoms with Gasteiger partial charge in [-0.05, 0) is 31.3 Å². The maximum atomic E-state index is 6.22. The Morgan fingerprint density at radius 2 is 1.23 bits per heavy atom. The van der Waals surface area contributed by atoms with E-state index in [2.05, 4.69) is 44.3 Å². The molecular formula is C20H36OSi. The van der Waals surface area contributed by atoms with Crippen LogP contribution in [-0.4, -0.2) is 8.32 Å². The van der Waals surface area contributed by atoms with Crippen LogP contribution in [0.4, 0.5) is 0 Å². The van der Waals surface area contributed by atoms with Crippen molar-refractivity contribution in [3.05, 3.63) is 30.3 Å². The third kappa shape index (κ3) is 10.0. The average Bonchev–Trinajstić information content (AvgIpc) is 2.49. The summed E-state index contributed by atoms with van der Waals surface area (Å²) in [6, 6.07) is 11.6. The van der Waals surface area contributed by atoms with Gasteiger partial charge >= 0.3 is 0 Å². The van der Waals surface area contributed by atoms with Crippen LogP contribution in [0.2, 0.25) is 19.1 Å². The molecule has 22 heavy (non-hydrogen) atoms. The summed E-state index contributed by atoms with van der Waals surface area (Å²) in [5, 5.41) is 0. The zero-order chi connectivity index (χ0) is 16.1. The van der Waals surface area contributed by atoms with Crippen molar-refractivity contribution in [2.24, 2.45) is 0 Å². The van der Waals surface area contributed by atoms with Crippen LogP contribution in [-0.2, 0) is 0 Å². The number of hydrogen-bond acceptors (Lipinski definition) is 1. The first kappa shape index (κ1) is 19.3. The van der Waals surface area contributed by atoms with E-state index in [1.165, 1.54) is 70.3 Å². The van der Waals surface area contributed by atoms with E-state index in [1.54, 1.807) is 0 Å². The molecule has 0 saturated heterocycles. The molecule has 0 saturated carbocycles. The second-order valence-corrected chi connectivity index (χ2v) is 11.3. The Hall–Kier alpha value is -0.763. The third-order valence-electron chi connectivity index (χ3n) is 4.27. The van der Waals surface area contributed by atoms with Crippen molar-refractivity contribution in [2.45, 2.75) is 90.3 Å². The fraction of sp³-hybridized carbons (Fsp3) is 0.700. The molecule has 0 spiro atoms. The van der Waals surface area contributed by atoms with Crippen LogP contribution in [0.3, 0.4) is 0 Å². The lowest BCUT2D eigenvalue weighted by atomic mass is 10.1. The lowest BCUT2D eigenvalue weighted by molar-refractivity contribution is 0.531. The Morgan fingerprint density at radius 3 is 1.77 bits per heavy atom. The summed E-state index contributed by atoms with van der Waals surface area (Å²) >= 11 is 0. The minimum atomic E-state index is -1.53. The van der Waals surface area contributed by atoms with Crippen LogP contribution < -0.4 is 4.43 Å². The van der Waals surface area contributed by atoms with E-state index in [0.717, 1.165) is 5.75 Å². The van der Waals surface area contributed by atoms with Gasteiger partial charge in [-0.15, -0.1) is 0 Å². The molecule has 0 unspecified atom stereocenters. The molecule has 1 rings (SSSR count). The van der Waals surface area contributed by atoms with Crippen LogP contribution in [0.1, 0.15) is 71.1 Å². The van der Waals surface area contributed by atoms with Gasteiger partial charge in [0.25, 0.3) is 0 Å². The molecule has 0 radical (unpaired) electrons. The molecule has 1 nitrogen and oxygen atoms in total. The van der Waals surface area contributed by atoms with Crippen molar-refractivity contribution in [1.29, 1.82) is 0 Å². The zero-order valence-corrected chi connectivity index (χ0v) is 16.1. The predicted octanol–water partition coefficient (Wildman–Crippen LogP) is 7.19. The first-order valence-electron chi connectivity index (χ1n) is 9.38. The molecule has 1 aromatic rings. The highest BCUT2D eigenvalue weighted by Gasteiger charge is 2.23. The van der Waals surface area contributed by atoms with Crippen molar-refractivity contribution >= 4 is 8.32 Å². The monoisotopic (exact) mass is 320 g/mol. The van der Waals surface area contributed by atoms with Crippen molar-refractivity contribution in [3.8, 4) is 5.75 Å². The predicted molar refractivity (Wildman–Crippen MR) is 101 cm³/mol. The molecule has 0 aliphatic heterocycles. The van der Waals surface area contributed by atoms with Gasteiger partial charge in [-0.3, -0.25) is 0 Å². The van der Waals surface area contributed by atoms with E-state index in [-0.39, 0.29) is 0 Å². The molecule has 126 valence electrons.